The molecule has 0 radical (unpaired) electrons. The molecule has 0 unspecified atom stereocenters. The summed E-state index contributed by atoms with van der Waals surface area (Å²) in [6.07, 6.45) is -0.0812. The summed E-state index contributed by atoms with van der Waals surface area (Å²) >= 11 is 0. The summed E-state index contributed by atoms with van der Waals surface area (Å²) in [5.41, 5.74) is 3.69. The zero-order chi connectivity index (χ0) is 24.7. The molecule has 0 saturated carbocycles. The molecule has 184 valence electrons. The first-order chi connectivity index (χ1) is 16.8. The Kier molecular flexibility index (Phi) is 5.95. The van der Waals surface area contributed by atoms with Gasteiger partial charge in [0.15, 0.2) is 0 Å². The van der Waals surface area contributed by atoms with E-state index >= 15 is 0 Å². The fraction of sp³-hybridized carbons (Fsp3) is 0.435. The van der Waals surface area contributed by atoms with Gasteiger partial charge in [-0.1, -0.05) is 11.3 Å². The first kappa shape index (κ1) is 22.9. The van der Waals surface area contributed by atoms with Gasteiger partial charge in [-0.25, -0.2) is 18.0 Å². The van der Waals surface area contributed by atoms with Crippen molar-refractivity contribution in [1.29, 1.82) is 0 Å². The lowest BCUT2D eigenvalue weighted by Gasteiger charge is -2.34. The number of rotatable bonds is 6. The number of methoxy groups -OCH3 is 1. The van der Waals surface area contributed by atoms with Crippen LogP contribution in [-0.2, 0) is 11.3 Å². The van der Waals surface area contributed by atoms with Gasteiger partial charge in [0.25, 0.3) is 0 Å². The number of nitrogens with one attached hydrogen (secondary N) is 1. The summed E-state index contributed by atoms with van der Waals surface area (Å²) in [6, 6.07) is 6.99. The van der Waals surface area contributed by atoms with Crippen LogP contribution < -0.4 is 10.1 Å². The number of piperidine rings is 1. The molecule has 1 N–H and O–H groups in total. The van der Waals surface area contributed by atoms with Crippen LogP contribution in [0.3, 0.4) is 0 Å². The van der Waals surface area contributed by atoms with Gasteiger partial charge in [0.2, 0.25) is 17.7 Å². The first-order valence-corrected chi connectivity index (χ1v) is 11.4. The molecule has 0 aliphatic carbocycles. The lowest BCUT2D eigenvalue weighted by molar-refractivity contribution is -0.131. The van der Waals surface area contributed by atoms with Crippen molar-refractivity contribution in [2.45, 2.75) is 45.2 Å². The van der Waals surface area contributed by atoms with Crippen LogP contribution in [0.2, 0.25) is 0 Å². The number of amides is 1. The van der Waals surface area contributed by atoms with Crippen LogP contribution in [0.5, 0.6) is 5.88 Å². The predicted octanol–water partition coefficient (Wildman–Crippen LogP) is 2.88. The summed E-state index contributed by atoms with van der Waals surface area (Å²) < 4.78 is 37.0. The van der Waals surface area contributed by atoms with Gasteiger partial charge in [0.1, 0.15) is 23.4 Å². The lowest BCUT2D eigenvalue weighted by atomic mass is 10.0. The van der Waals surface area contributed by atoms with Crippen LogP contribution in [0.1, 0.15) is 20.3 Å². The summed E-state index contributed by atoms with van der Waals surface area (Å²) in [5.74, 6) is 0.416. The van der Waals surface area contributed by atoms with E-state index in [1.165, 1.54) is 25.9 Å². The average Bonchev–Trinajstić information content (AvgIpc) is 3.43. The highest BCUT2D eigenvalue weighted by atomic mass is 19.1. The topological polar surface area (TPSA) is 102 Å². The van der Waals surface area contributed by atoms with Crippen LogP contribution in [0.15, 0.2) is 30.5 Å². The molecule has 35 heavy (non-hydrogen) atoms. The number of ether oxygens (including phenoxy) is 1. The number of alkyl halides is 2. The van der Waals surface area contributed by atoms with E-state index in [0.717, 1.165) is 16.6 Å². The minimum absolute atomic E-state index is 0.0369. The van der Waals surface area contributed by atoms with Crippen molar-refractivity contribution < 1.29 is 18.3 Å². The molecular formula is C23H26F2N8O2. The second-order valence-electron chi connectivity index (χ2n) is 8.74. The molecule has 3 atom stereocenters. The smallest absolute Gasteiger partial charge is 0.244 e. The third-order valence-corrected chi connectivity index (χ3v) is 6.22. The first-order valence-electron chi connectivity index (χ1n) is 11.4. The molecule has 1 aliphatic rings. The lowest BCUT2D eigenvalue weighted by Crippen LogP contribution is -2.49. The number of hydrogen-bond acceptors (Lipinski definition) is 7. The Morgan fingerprint density at radius 2 is 2.17 bits per heavy atom. The normalized spacial score (nSPS) is 19.3. The van der Waals surface area contributed by atoms with E-state index in [1.807, 2.05) is 24.3 Å². The molecule has 0 spiro atoms. The average molecular weight is 485 g/mol. The summed E-state index contributed by atoms with van der Waals surface area (Å²) in [4.78, 5) is 17.5. The molecule has 1 saturated heterocycles. The Balaban J connectivity index is 1.47. The number of anilines is 1. The Bertz CT molecular complexity index is 1380. The Hall–Kier alpha value is -3.83. The number of halogens is 2. The van der Waals surface area contributed by atoms with Crippen molar-refractivity contribution >= 4 is 28.4 Å². The number of hydrogen-bond donors (Lipinski definition) is 1. The van der Waals surface area contributed by atoms with Crippen LogP contribution in [0.4, 0.5) is 14.7 Å². The minimum Gasteiger partial charge on any atom is -0.479 e. The molecule has 1 aromatic carbocycles. The maximum Gasteiger partial charge on any atom is 0.244 e. The number of benzene rings is 1. The van der Waals surface area contributed by atoms with Gasteiger partial charge >= 0.3 is 0 Å². The van der Waals surface area contributed by atoms with E-state index in [-0.39, 0.29) is 24.9 Å². The van der Waals surface area contributed by atoms with Crippen LogP contribution >= 0.6 is 0 Å². The van der Waals surface area contributed by atoms with E-state index in [9.17, 15) is 13.6 Å². The van der Waals surface area contributed by atoms with Crippen molar-refractivity contribution in [2.24, 2.45) is 0 Å². The maximum absolute atomic E-state index is 14.7. The second-order valence-corrected chi connectivity index (χ2v) is 8.74. The zero-order valence-electron chi connectivity index (χ0n) is 19.7. The van der Waals surface area contributed by atoms with Crippen molar-refractivity contribution in [1.82, 2.24) is 34.5 Å². The molecule has 1 fully saturated rings. The number of nitrogens with zero attached hydrogens (tertiary/aromatic N) is 7. The molecule has 5 rings (SSSR count). The van der Waals surface area contributed by atoms with E-state index in [4.69, 9.17) is 4.74 Å². The second kappa shape index (κ2) is 9.08. The molecular weight excluding hydrogens is 458 g/mol. The number of likely N-dealkylation sites (tertiary alicyclic amines) is 1. The number of fused-ring (bicyclic) bond motifs is 2. The predicted molar refractivity (Wildman–Crippen MR) is 126 cm³/mol. The van der Waals surface area contributed by atoms with Gasteiger partial charge in [0.05, 0.1) is 31.8 Å². The Morgan fingerprint density at radius 1 is 1.34 bits per heavy atom. The monoisotopic (exact) mass is 484 g/mol. The Labute approximate surface area is 199 Å². The highest BCUT2D eigenvalue weighted by Crippen LogP contribution is 2.33. The summed E-state index contributed by atoms with van der Waals surface area (Å²) in [6.45, 7) is 3.53. The van der Waals surface area contributed by atoms with Crippen molar-refractivity contribution in [3.05, 3.63) is 30.5 Å². The van der Waals surface area contributed by atoms with Gasteiger partial charge in [-0.15, -0.1) is 10.2 Å². The van der Waals surface area contributed by atoms with Crippen LogP contribution in [0, 0.1) is 0 Å². The molecule has 0 bridgehead atoms. The van der Waals surface area contributed by atoms with E-state index in [2.05, 4.69) is 25.7 Å². The van der Waals surface area contributed by atoms with Gasteiger partial charge in [-0.05, 0) is 37.1 Å². The molecule has 1 aliphatic heterocycles. The van der Waals surface area contributed by atoms with Crippen molar-refractivity contribution in [3.8, 4) is 17.0 Å². The number of carbonyl (C=O) groups excluding carboxylic acids is 1. The van der Waals surface area contributed by atoms with E-state index in [1.54, 1.807) is 15.4 Å². The van der Waals surface area contributed by atoms with Gasteiger partial charge < -0.3 is 15.0 Å². The fourth-order valence-corrected chi connectivity index (χ4v) is 4.45. The van der Waals surface area contributed by atoms with Gasteiger partial charge in [0, 0.05) is 25.2 Å². The summed E-state index contributed by atoms with van der Waals surface area (Å²) in [7, 11) is 1.51. The third-order valence-electron chi connectivity index (χ3n) is 6.22. The van der Waals surface area contributed by atoms with E-state index < -0.39 is 18.4 Å². The fourth-order valence-electron chi connectivity index (χ4n) is 4.45. The van der Waals surface area contributed by atoms with E-state index in [0.29, 0.717) is 29.9 Å². The SMILES string of the molecule is COc1nc(N[C@H]2CCN(C(C)=O)C[C@H]2F)nn2ccc(-c3ccc4nnn(C[C@H](C)F)c4c3)c12. The molecule has 4 heterocycles. The Morgan fingerprint density at radius 3 is 2.89 bits per heavy atom. The standard InChI is InChI=1S/C23H26F2N8O2/c1-13(24)11-33-20-10-15(4-5-19(20)28-30-33)16-6-9-32-21(16)22(35-3)27-23(29-32)26-18-7-8-31(14(2)34)12-17(18)25/h4-6,9-10,13,17-18H,7-8,11-12H2,1-3H3,(H,26,29)/t13-,17+,18-/m0/s1. The minimum atomic E-state index is -1.24. The van der Waals surface area contributed by atoms with Crippen LogP contribution in [-0.4, -0.2) is 79.0 Å². The highest BCUT2D eigenvalue weighted by molar-refractivity contribution is 5.89. The number of carbonyl (C=O) groups is 1. The molecule has 12 heteroatoms. The highest BCUT2D eigenvalue weighted by Gasteiger charge is 2.31. The maximum atomic E-state index is 14.7. The molecule has 10 nitrogen and oxygen atoms in total. The molecule has 3 aromatic heterocycles. The quantitative estimate of drug-likeness (QED) is 0.449. The van der Waals surface area contributed by atoms with Gasteiger partial charge in [-0.2, -0.15) is 4.98 Å². The molecule has 1 amide bonds. The van der Waals surface area contributed by atoms with Crippen molar-refractivity contribution in [2.75, 3.05) is 25.5 Å². The van der Waals surface area contributed by atoms with Crippen molar-refractivity contribution in [3.63, 3.8) is 0 Å². The molecule has 4 aromatic rings. The van der Waals surface area contributed by atoms with Gasteiger partial charge in [-0.3, -0.25) is 4.79 Å². The zero-order valence-corrected chi connectivity index (χ0v) is 19.7. The third kappa shape index (κ3) is 4.35. The summed E-state index contributed by atoms with van der Waals surface area (Å²) in [5, 5.41) is 15.7. The van der Waals surface area contributed by atoms with Crippen LogP contribution in [0.25, 0.3) is 27.7 Å². The largest absolute Gasteiger partial charge is 0.479 e. The number of aromatic nitrogens is 6.